The van der Waals surface area contributed by atoms with Gasteiger partial charge in [-0.3, -0.25) is 9.59 Å². The second-order valence-corrected chi connectivity index (χ2v) is 6.80. The van der Waals surface area contributed by atoms with E-state index in [0.29, 0.717) is 11.4 Å². The summed E-state index contributed by atoms with van der Waals surface area (Å²) in [6, 6.07) is 9.15. The Bertz CT molecular complexity index is 799. The highest BCUT2D eigenvalue weighted by atomic mass is 16.2. The molecule has 0 spiro atoms. The summed E-state index contributed by atoms with van der Waals surface area (Å²) >= 11 is 0. The molecule has 132 valence electrons. The van der Waals surface area contributed by atoms with Gasteiger partial charge in [0.1, 0.15) is 11.9 Å². The van der Waals surface area contributed by atoms with Crippen LogP contribution in [0.5, 0.6) is 0 Å². The summed E-state index contributed by atoms with van der Waals surface area (Å²) < 4.78 is 0. The van der Waals surface area contributed by atoms with Crippen molar-refractivity contribution < 1.29 is 9.59 Å². The predicted octanol–water partition coefficient (Wildman–Crippen LogP) is 2.31. The number of benzene rings is 1. The van der Waals surface area contributed by atoms with Crippen molar-refractivity contribution in [2.24, 2.45) is 5.92 Å². The summed E-state index contributed by atoms with van der Waals surface area (Å²) in [5.41, 5.74) is 1.31. The molecule has 1 aromatic heterocycles. The smallest absolute Gasteiger partial charge is 0.252 e. The number of fused-ring (bicyclic) bond motifs is 1. The van der Waals surface area contributed by atoms with Gasteiger partial charge in [0, 0.05) is 18.5 Å². The lowest BCUT2D eigenvalue weighted by molar-refractivity contribution is -0.122. The second-order valence-electron chi connectivity index (χ2n) is 6.80. The molecule has 1 aliphatic carbocycles. The van der Waals surface area contributed by atoms with Crippen LogP contribution in [0.2, 0.25) is 0 Å². The summed E-state index contributed by atoms with van der Waals surface area (Å²) in [6.07, 6.45) is 2.07. The van der Waals surface area contributed by atoms with Crippen LogP contribution in [0.15, 0.2) is 30.3 Å². The standard InChI is InChI=1S/C19H24N4O2/c1-11(2)17(19(25)20-3)23-16-10-14(18(24)21-12-8-9-12)13-6-4-5-7-15(13)22-16/h4-7,10-12,17H,8-9H2,1-3H3,(H,20,25)(H,21,24)(H,22,23). The number of nitrogens with one attached hydrogen (secondary N) is 3. The molecule has 0 saturated heterocycles. The molecule has 1 atom stereocenters. The molecule has 1 saturated carbocycles. The van der Waals surface area contributed by atoms with E-state index in [1.165, 1.54) is 0 Å². The highest BCUT2D eigenvalue weighted by molar-refractivity contribution is 6.07. The highest BCUT2D eigenvalue weighted by Crippen LogP contribution is 2.24. The Kier molecular flexibility index (Phi) is 4.88. The minimum atomic E-state index is -0.419. The number of likely N-dealkylation sites (N-methyl/N-ethyl adjacent to an activating group) is 1. The molecule has 0 radical (unpaired) electrons. The first kappa shape index (κ1) is 17.2. The van der Waals surface area contributed by atoms with Crippen molar-refractivity contribution in [2.45, 2.75) is 38.8 Å². The minimum absolute atomic E-state index is 0.0805. The van der Waals surface area contributed by atoms with E-state index in [-0.39, 0.29) is 23.8 Å². The van der Waals surface area contributed by atoms with Crippen molar-refractivity contribution in [1.82, 2.24) is 15.6 Å². The zero-order chi connectivity index (χ0) is 18.0. The number of hydrogen-bond acceptors (Lipinski definition) is 4. The van der Waals surface area contributed by atoms with E-state index in [1.807, 2.05) is 38.1 Å². The predicted molar refractivity (Wildman–Crippen MR) is 98.5 cm³/mol. The molecule has 6 nitrogen and oxygen atoms in total. The molecule has 3 rings (SSSR count). The van der Waals surface area contributed by atoms with E-state index in [9.17, 15) is 9.59 Å². The van der Waals surface area contributed by atoms with E-state index < -0.39 is 6.04 Å². The summed E-state index contributed by atoms with van der Waals surface area (Å²) in [7, 11) is 1.61. The molecule has 1 fully saturated rings. The average molecular weight is 340 g/mol. The van der Waals surface area contributed by atoms with Gasteiger partial charge in [0.2, 0.25) is 5.91 Å². The Morgan fingerprint density at radius 3 is 2.56 bits per heavy atom. The van der Waals surface area contributed by atoms with Gasteiger partial charge >= 0.3 is 0 Å². The summed E-state index contributed by atoms with van der Waals surface area (Å²) in [5.74, 6) is 0.415. The van der Waals surface area contributed by atoms with Crippen LogP contribution in [0.25, 0.3) is 10.9 Å². The quantitative estimate of drug-likeness (QED) is 0.753. The first-order valence-electron chi connectivity index (χ1n) is 8.68. The number of nitrogens with zero attached hydrogens (tertiary/aromatic N) is 1. The lowest BCUT2D eigenvalue weighted by Crippen LogP contribution is -2.41. The number of carbonyl (C=O) groups is 2. The van der Waals surface area contributed by atoms with Crippen LogP contribution in [0.4, 0.5) is 5.82 Å². The van der Waals surface area contributed by atoms with Gasteiger partial charge in [-0.1, -0.05) is 32.0 Å². The molecule has 3 N–H and O–H groups in total. The van der Waals surface area contributed by atoms with Gasteiger partial charge < -0.3 is 16.0 Å². The molecule has 0 aliphatic heterocycles. The SMILES string of the molecule is CNC(=O)C(Nc1cc(C(=O)NC2CC2)c2ccccc2n1)C(C)C. The first-order chi connectivity index (χ1) is 12.0. The van der Waals surface area contributed by atoms with Gasteiger partial charge in [-0.2, -0.15) is 0 Å². The van der Waals surface area contributed by atoms with Crippen molar-refractivity contribution >= 4 is 28.5 Å². The van der Waals surface area contributed by atoms with Gasteiger partial charge in [0.05, 0.1) is 11.1 Å². The van der Waals surface area contributed by atoms with E-state index in [4.69, 9.17) is 0 Å². The Hall–Kier alpha value is -2.63. The molecule has 0 bridgehead atoms. The van der Waals surface area contributed by atoms with Gasteiger partial charge in [-0.05, 0) is 30.9 Å². The van der Waals surface area contributed by atoms with Gasteiger partial charge in [-0.25, -0.2) is 4.98 Å². The molecule has 1 aliphatic rings. The molecule has 2 aromatic rings. The zero-order valence-corrected chi connectivity index (χ0v) is 14.8. The van der Waals surface area contributed by atoms with Crippen LogP contribution < -0.4 is 16.0 Å². The molecule has 6 heteroatoms. The number of carbonyl (C=O) groups excluding carboxylic acids is 2. The zero-order valence-electron chi connectivity index (χ0n) is 14.8. The molecule has 1 aromatic carbocycles. The fourth-order valence-corrected chi connectivity index (χ4v) is 2.78. The topological polar surface area (TPSA) is 83.1 Å². The fourth-order valence-electron chi connectivity index (χ4n) is 2.78. The Labute approximate surface area is 147 Å². The van der Waals surface area contributed by atoms with Crippen molar-refractivity contribution in [3.63, 3.8) is 0 Å². The molecule has 25 heavy (non-hydrogen) atoms. The largest absolute Gasteiger partial charge is 0.358 e. The normalized spacial score (nSPS) is 15.0. The average Bonchev–Trinajstić information content (AvgIpc) is 3.41. The maximum absolute atomic E-state index is 12.6. The van der Waals surface area contributed by atoms with Crippen LogP contribution in [0, 0.1) is 5.92 Å². The van der Waals surface area contributed by atoms with E-state index in [1.54, 1.807) is 13.1 Å². The van der Waals surface area contributed by atoms with Gasteiger partial charge in [0.15, 0.2) is 0 Å². The second kappa shape index (κ2) is 7.09. The van der Waals surface area contributed by atoms with Crippen molar-refractivity contribution in [3.8, 4) is 0 Å². The molecule has 1 unspecified atom stereocenters. The maximum Gasteiger partial charge on any atom is 0.252 e. The fraction of sp³-hybridized carbons (Fsp3) is 0.421. The first-order valence-corrected chi connectivity index (χ1v) is 8.68. The van der Waals surface area contributed by atoms with Crippen LogP contribution in [0.1, 0.15) is 37.0 Å². The Morgan fingerprint density at radius 2 is 1.92 bits per heavy atom. The number of pyridine rings is 1. The third-order valence-electron chi connectivity index (χ3n) is 4.37. The third-order valence-corrected chi connectivity index (χ3v) is 4.37. The van der Waals surface area contributed by atoms with Crippen molar-refractivity contribution in [3.05, 3.63) is 35.9 Å². The Balaban J connectivity index is 1.97. The van der Waals surface area contributed by atoms with Crippen molar-refractivity contribution in [2.75, 3.05) is 12.4 Å². The van der Waals surface area contributed by atoms with E-state index in [2.05, 4.69) is 20.9 Å². The molecular weight excluding hydrogens is 316 g/mol. The summed E-state index contributed by atoms with van der Waals surface area (Å²) in [4.78, 5) is 29.3. The van der Waals surface area contributed by atoms with E-state index in [0.717, 1.165) is 23.7 Å². The highest BCUT2D eigenvalue weighted by Gasteiger charge is 2.26. The Morgan fingerprint density at radius 1 is 1.20 bits per heavy atom. The minimum Gasteiger partial charge on any atom is -0.358 e. The number of amides is 2. The molecule has 2 amide bonds. The van der Waals surface area contributed by atoms with Crippen LogP contribution in [0.3, 0.4) is 0 Å². The summed E-state index contributed by atoms with van der Waals surface area (Å²) in [5, 5.41) is 9.69. The molecular formula is C19H24N4O2. The summed E-state index contributed by atoms with van der Waals surface area (Å²) in [6.45, 7) is 3.93. The number of aromatic nitrogens is 1. The lowest BCUT2D eigenvalue weighted by Gasteiger charge is -2.22. The number of hydrogen-bond donors (Lipinski definition) is 3. The third kappa shape index (κ3) is 3.90. The van der Waals surface area contributed by atoms with Gasteiger partial charge in [0.25, 0.3) is 5.91 Å². The number of anilines is 1. The maximum atomic E-state index is 12.6. The van der Waals surface area contributed by atoms with Crippen LogP contribution in [-0.2, 0) is 4.79 Å². The lowest BCUT2D eigenvalue weighted by atomic mass is 10.0. The monoisotopic (exact) mass is 340 g/mol. The molecule has 1 heterocycles. The van der Waals surface area contributed by atoms with Gasteiger partial charge in [-0.15, -0.1) is 0 Å². The number of rotatable bonds is 6. The van der Waals surface area contributed by atoms with E-state index >= 15 is 0 Å². The van der Waals surface area contributed by atoms with Crippen LogP contribution in [-0.4, -0.2) is 35.9 Å². The van der Waals surface area contributed by atoms with Crippen molar-refractivity contribution in [1.29, 1.82) is 0 Å². The number of para-hydroxylation sites is 1. The van der Waals surface area contributed by atoms with Crippen LogP contribution >= 0.6 is 0 Å².